The lowest BCUT2D eigenvalue weighted by atomic mass is 10.0. The number of rotatable bonds is 8. The zero-order valence-electron chi connectivity index (χ0n) is 14.2. The van der Waals surface area contributed by atoms with Crippen LogP contribution in [-0.2, 0) is 14.3 Å². The van der Waals surface area contributed by atoms with Crippen LogP contribution in [0, 0.1) is 0 Å². The van der Waals surface area contributed by atoms with Crippen LogP contribution in [0.4, 0.5) is 0 Å². The molecule has 0 radical (unpaired) electrons. The van der Waals surface area contributed by atoms with Crippen molar-refractivity contribution >= 4 is 29.2 Å². The van der Waals surface area contributed by atoms with Crippen LogP contribution in [-0.4, -0.2) is 38.7 Å². The van der Waals surface area contributed by atoms with Crippen LogP contribution in [0.25, 0.3) is 0 Å². The van der Waals surface area contributed by atoms with Crippen LogP contribution in [0.3, 0.4) is 0 Å². The molecule has 0 saturated carbocycles. The van der Waals surface area contributed by atoms with E-state index in [0.29, 0.717) is 22.6 Å². The first-order valence-corrected chi connectivity index (χ1v) is 8.30. The van der Waals surface area contributed by atoms with Crippen molar-refractivity contribution in [2.24, 2.45) is 0 Å². The lowest BCUT2D eigenvalue weighted by Gasteiger charge is -2.17. The Morgan fingerprint density at radius 1 is 1.04 bits per heavy atom. The fourth-order valence-electron chi connectivity index (χ4n) is 2.15. The van der Waals surface area contributed by atoms with Gasteiger partial charge in [-0.25, -0.2) is 4.79 Å². The van der Waals surface area contributed by atoms with Crippen molar-refractivity contribution in [3.05, 3.63) is 57.6 Å². The van der Waals surface area contributed by atoms with Crippen LogP contribution in [0.2, 0.25) is 10.0 Å². The molecule has 26 heavy (non-hydrogen) atoms. The second-order valence-electron chi connectivity index (χ2n) is 5.19. The summed E-state index contributed by atoms with van der Waals surface area (Å²) in [6.45, 7) is -0.138. The van der Waals surface area contributed by atoms with Crippen molar-refractivity contribution in [1.29, 1.82) is 0 Å². The minimum absolute atomic E-state index is 0.132. The normalized spacial score (nSPS) is 11.7. The molecule has 0 spiro atoms. The fraction of sp³-hybridized carbons (Fsp3) is 0.278. The molecule has 1 unspecified atom stereocenters. The third-order valence-corrected chi connectivity index (χ3v) is 4.08. The highest BCUT2D eigenvalue weighted by atomic mass is 35.5. The van der Waals surface area contributed by atoms with Crippen LogP contribution < -0.4 is 9.47 Å². The van der Waals surface area contributed by atoms with Gasteiger partial charge in [0.1, 0.15) is 17.6 Å². The van der Waals surface area contributed by atoms with Crippen molar-refractivity contribution in [1.82, 2.24) is 0 Å². The first kappa shape index (κ1) is 20.3. The van der Waals surface area contributed by atoms with E-state index in [1.54, 1.807) is 24.3 Å². The van der Waals surface area contributed by atoms with Gasteiger partial charge in [0.25, 0.3) is 0 Å². The Labute approximate surface area is 161 Å². The number of carbonyl (C=O) groups excluding carboxylic acids is 1. The molecule has 0 aliphatic carbocycles. The van der Waals surface area contributed by atoms with Crippen molar-refractivity contribution in [3.8, 4) is 11.5 Å². The maximum atomic E-state index is 11.1. The van der Waals surface area contributed by atoms with Crippen molar-refractivity contribution in [2.75, 3.05) is 27.6 Å². The Morgan fingerprint density at radius 3 is 2.19 bits per heavy atom. The number of halogens is 2. The van der Waals surface area contributed by atoms with Gasteiger partial charge < -0.3 is 24.1 Å². The summed E-state index contributed by atoms with van der Waals surface area (Å²) < 4.78 is 19.9. The number of aliphatic hydroxyl groups excluding tert-OH is 1. The van der Waals surface area contributed by atoms with E-state index in [-0.39, 0.29) is 23.4 Å². The monoisotopic (exact) mass is 400 g/mol. The third kappa shape index (κ3) is 5.25. The Hall–Kier alpha value is -1.99. The molecule has 140 valence electrons. The summed E-state index contributed by atoms with van der Waals surface area (Å²) >= 11 is 12.5. The third-order valence-electron chi connectivity index (χ3n) is 3.45. The van der Waals surface area contributed by atoms with Gasteiger partial charge in [0.2, 0.25) is 0 Å². The second kappa shape index (κ2) is 9.64. The van der Waals surface area contributed by atoms with Crippen molar-refractivity contribution in [2.45, 2.75) is 6.10 Å². The molecule has 8 heteroatoms. The Balaban J connectivity index is 2.17. The second-order valence-corrected chi connectivity index (χ2v) is 6.00. The first-order chi connectivity index (χ1) is 12.5. The van der Waals surface area contributed by atoms with Crippen LogP contribution in [0.1, 0.15) is 17.2 Å². The maximum Gasteiger partial charge on any atom is 0.343 e. The minimum atomic E-state index is -1.04. The predicted molar refractivity (Wildman–Crippen MR) is 97.0 cm³/mol. The number of aliphatic hydroxyl groups is 1. The van der Waals surface area contributed by atoms with Gasteiger partial charge in [0.15, 0.2) is 13.4 Å². The molecule has 2 aromatic rings. The summed E-state index contributed by atoms with van der Waals surface area (Å²) in [5.74, 6) is 0.369. The molecule has 0 saturated heterocycles. The quantitative estimate of drug-likeness (QED) is 0.538. The summed E-state index contributed by atoms with van der Waals surface area (Å²) in [6, 6.07) is 9.75. The summed E-state index contributed by atoms with van der Waals surface area (Å²) in [5.41, 5.74) is 0.922. The highest BCUT2D eigenvalue weighted by Crippen LogP contribution is 2.37. The van der Waals surface area contributed by atoms with Crippen LogP contribution in [0.15, 0.2) is 36.4 Å². The molecule has 1 N–H and O–H groups in total. The molecule has 0 aliphatic heterocycles. The van der Waals surface area contributed by atoms with Gasteiger partial charge in [0.05, 0.1) is 17.2 Å². The van der Waals surface area contributed by atoms with Crippen LogP contribution in [0.5, 0.6) is 11.5 Å². The number of methoxy groups -OCH3 is 2. The molecule has 6 nitrogen and oxygen atoms in total. The Kier molecular flexibility index (Phi) is 7.53. The molecular formula is C18H18Cl2O6. The molecular weight excluding hydrogens is 383 g/mol. The highest BCUT2D eigenvalue weighted by Gasteiger charge is 2.19. The summed E-state index contributed by atoms with van der Waals surface area (Å²) in [6.07, 6.45) is -1.04. The van der Waals surface area contributed by atoms with E-state index in [1.807, 2.05) is 0 Å². The number of benzene rings is 2. The number of ether oxygens (including phenoxy) is 4. The van der Waals surface area contributed by atoms with Gasteiger partial charge in [-0.2, -0.15) is 0 Å². The molecule has 0 amide bonds. The minimum Gasteiger partial charge on any atom is -0.482 e. The van der Waals surface area contributed by atoms with Gasteiger partial charge >= 0.3 is 5.97 Å². The molecule has 2 aromatic carbocycles. The first-order valence-electron chi connectivity index (χ1n) is 7.54. The molecule has 0 fully saturated rings. The molecule has 1 atom stereocenters. The Morgan fingerprint density at radius 2 is 1.65 bits per heavy atom. The van der Waals surface area contributed by atoms with Gasteiger partial charge in [-0.1, -0.05) is 35.3 Å². The van der Waals surface area contributed by atoms with Crippen molar-refractivity contribution in [3.63, 3.8) is 0 Å². The van der Waals surface area contributed by atoms with E-state index in [2.05, 4.69) is 4.74 Å². The van der Waals surface area contributed by atoms with Gasteiger partial charge in [-0.3, -0.25) is 0 Å². The lowest BCUT2D eigenvalue weighted by molar-refractivity contribution is -0.142. The molecule has 0 bridgehead atoms. The molecule has 2 rings (SSSR count). The molecule has 0 aliphatic rings. The van der Waals surface area contributed by atoms with E-state index in [9.17, 15) is 9.90 Å². The SMILES string of the molecule is COCOc1ccc(C(O)c2c(Cl)cc(OCC(=O)OC)cc2Cl)cc1. The van der Waals surface area contributed by atoms with Crippen LogP contribution >= 0.6 is 23.2 Å². The van der Waals surface area contributed by atoms with E-state index < -0.39 is 12.1 Å². The van der Waals surface area contributed by atoms with Gasteiger partial charge in [0, 0.05) is 12.7 Å². The standard InChI is InChI=1S/C18H18Cl2O6/c1-23-10-26-12-5-3-11(4-6-12)18(22)17-14(19)7-13(8-15(17)20)25-9-16(21)24-2/h3-8,18,22H,9-10H2,1-2H3. The largest absolute Gasteiger partial charge is 0.482 e. The zero-order valence-corrected chi connectivity index (χ0v) is 15.7. The highest BCUT2D eigenvalue weighted by molar-refractivity contribution is 6.36. The lowest BCUT2D eigenvalue weighted by Crippen LogP contribution is -2.12. The number of esters is 1. The molecule has 0 heterocycles. The predicted octanol–water partition coefficient (Wildman–Crippen LogP) is 3.61. The van der Waals surface area contributed by atoms with E-state index in [1.165, 1.54) is 26.4 Å². The molecule has 0 aromatic heterocycles. The van der Waals surface area contributed by atoms with E-state index in [4.69, 9.17) is 37.4 Å². The summed E-state index contributed by atoms with van der Waals surface area (Å²) in [7, 11) is 2.79. The number of hydrogen-bond donors (Lipinski definition) is 1. The maximum absolute atomic E-state index is 11.1. The smallest absolute Gasteiger partial charge is 0.343 e. The average Bonchev–Trinajstić information content (AvgIpc) is 2.64. The fourth-order valence-corrected chi connectivity index (χ4v) is 2.82. The number of carbonyl (C=O) groups is 1. The van der Waals surface area contributed by atoms with E-state index >= 15 is 0 Å². The Bertz CT molecular complexity index is 725. The van der Waals surface area contributed by atoms with Gasteiger partial charge in [-0.15, -0.1) is 0 Å². The van der Waals surface area contributed by atoms with E-state index in [0.717, 1.165) is 0 Å². The van der Waals surface area contributed by atoms with Gasteiger partial charge in [-0.05, 0) is 29.8 Å². The summed E-state index contributed by atoms with van der Waals surface area (Å²) in [4.78, 5) is 11.1. The average molecular weight is 401 g/mol. The summed E-state index contributed by atoms with van der Waals surface area (Å²) in [5, 5.41) is 11.0. The van der Waals surface area contributed by atoms with Crippen molar-refractivity contribution < 1.29 is 28.8 Å². The zero-order chi connectivity index (χ0) is 19.1. The topological polar surface area (TPSA) is 74.2 Å². The number of hydrogen-bond acceptors (Lipinski definition) is 6.